The monoisotopic (exact) mass is 436 g/mol. The van der Waals surface area contributed by atoms with Crippen LogP contribution in [0, 0.1) is 0 Å². The van der Waals surface area contributed by atoms with E-state index in [1.165, 1.54) is 18.2 Å². The Kier molecular flexibility index (Phi) is 5.59. The first kappa shape index (κ1) is 20.8. The average Bonchev–Trinajstić information content (AvgIpc) is 3.08. The molecule has 1 aromatic heterocycles. The molecule has 4 rings (SSSR count). The lowest BCUT2D eigenvalue weighted by atomic mass is 10.0. The zero-order valence-corrected chi connectivity index (χ0v) is 17.5. The second-order valence-electron chi connectivity index (χ2n) is 7.36. The van der Waals surface area contributed by atoms with Gasteiger partial charge < -0.3 is 25.7 Å². The highest BCUT2D eigenvalue weighted by molar-refractivity contribution is 6.35. The molecular weight excluding hydrogens is 416 g/mol. The molecule has 31 heavy (non-hydrogen) atoms. The van der Waals surface area contributed by atoms with Crippen molar-refractivity contribution in [3.8, 4) is 16.9 Å². The molecule has 0 spiro atoms. The number of halogens is 1. The minimum atomic E-state index is -0.454. The fraction of sp³-hybridized carbons (Fsp3) is 0.125. The number of aromatic hydroxyl groups is 1. The van der Waals surface area contributed by atoms with Gasteiger partial charge in [-0.25, -0.2) is 0 Å². The number of fused-ring (bicyclic) bond motifs is 1. The highest BCUT2D eigenvalue weighted by Gasteiger charge is 2.22. The molecule has 3 aromatic carbocycles. The van der Waals surface area contributed by atoms with Crippen molar-refractivity contribution in [2.45, 2.75) is 13.0 Å². The molecule has 4 aromatic rings. The van der Waals surface area contributed by atoms with Crippen LogP contribution in [0.5, 0.6) is 5.75 Å². The van der Waals surface area contributed by atoms with Crippen LogP contribution in [0.4, 0.5) is 11.4 Å². The number of furan rings is 1. The number of phenols is 1. The number of anilines is 2. The van der Waals surface area contributed by atoms with Crippen LogP contribution >= 0.6 is 11.6 Å². The number of nitrogens with two attached hydrogens (primary N) is 1. The van der Waals surface area contributed by atoms with E-state index >= 15 is 0 Å². The van der Waals surface area contributed by atoms with Crippen molar-refractivity contribution in [2.24, 2.45) is 0 Å². The van der Waals surface area contributed by atoms with Gasteiger partial charge in [0.05, 0.1) is 16.8 Å². The SMILES string of the molecule is CC(O)CNc1cccc(-c2ccc3c(N)c(C(=O)c4ccc(O)cc4Cl)oc3c2)c1. The summed E-state index contributed by atoms with van der Waals surface area (Å²) in [6.07, 6.45) is -0.454. The highest BCUT2D eigenvalue weighted by atomic mass is 35.5. The molecule has 158 valence electrons. The molecule has 0 aliphatic rings. The van der Waals surface area contributed by atoms with Gasteiger partial charge in [-0.3, -0.25) is 4.79 Å². The highest BCUT2D eigenvalue weighted by Crippen LogP contribution is 2.35. The van der Waals surface area contributed by atoms with E-state index in [4.69, 9.17) is 21.8 Å². The number of carbonyl (C=O) groups excluding carboxylic acids is 1. The molecule has 0 aliphatic heterocycles. The van der Waals surface area contributed by atoms with Crippen LogP contribution in [-0.2, 0) is 0 Å². The summed E-state index contributed by atoms with van der Waals surface area (Å²) in [5.74, 6) is -0.481. The lowest BCUT2D eigenvalue weighted by Crippen LogP contribution is -2.15. The smallest absolute Gasteiger partial charge is 0.231 e. The minimum Gasteiger partial charge on any atom is -0.508 e. The van der Waals surface area contributed by atoms with Crippen molar-refractivity contribution in [1.82, 2.24) is 0 Å². The normalized spacial score (nSPS) is 12.1. The summed E-state index contributed by atoms with van der Waals surface area (Å²) >= 11 is 6.11. The van der Waals surface area contributed by atoms with Gasteiger partial charge in [-0.1, -0.05) is 29.8 Å². The molecule has 6 nitrogen and oxygen atoms in total. The zero-order chi connectivity index (χ0) is 22.1. The molecule has 1 atom stereocenters. The lowest BCUT2D eigenvalue weighted by Gasteiger charge is -2.10. The number of hydrogen-bond donors (Lipinski definition) is 4. The fourth-order valence-electron chi connectivity index (χ4n) is 3.35. The van der Waals surface area contributed by atoms with Gasteiger partial charge in [-0.05, 0) is 60.5 Å². The molecule has 7 heteroatoms. The van der Waals surface area contributed by atoms with Gasteiger partial charge in [0.15, 0.2) is 5.76 Å². The van der Waals surface area contributed by atoms with Crippen molar-refractivity contribution < 1.29 is 19.4 Å². The summed E-state index contributed by atoms with van der Waals surface area (Å²) in [5, 5.41) is 22.9. The molecule has 0 aliphatic carbocycles. The van der Waals surface area contributed by atoms with Crippen LogP contribution in [0.15, 0.2) is 65.1 Å². The van der Waals surface area contributed by atoms with E-state index in [2.05, 4.69) is 5.32 Å². The fourth-order valence-corrected chi connectivity index (χ4v) is 3.61. The first-order chi connectivity index (χ1) is 14.8. The molecule has 0 saturated heterocycles. The van der Waals surface area contributed by atoms with Gasteiger partial charge in [0, 0.05) is 23.2 Å². The number of ketones is 1. The topological polar surface area (TPSA) is 109 Å². The van der Waals surface area contributed by atoms with Gasteiger partial charge in [0.2, 0.25) is 5.78 Å². The summed E-state index contributed by atoms with van der Waals surface area (Å²) in [5.41, 5.74) is 9.84. The van der Waals surface area contributed by atoms with Gasteiger partial charge in [-0.15, -0.1) is 0 Å². The largest absolute Gasteiger partial charge is 0.508 e. The Labute approximate surface area is 183 Å². The van der Waals surface area contributed by atoms with E-state index in [0.29, 0.717) is 17.5 Å². The Bertz CT molecular complexity index is 1280. The van der Waals surface area contributed by atoms with E-state index in [0.717, 1.165) is 16.8 Å². The van der Waals surface area contributed by atoms with Crippen molar-refractivity contribution in [3.63, 3.8) is 0 Å². The van der Waals surface area contributed by atoms with Crippen LogP contribution in [0.25, 0.3) is 22.1 Å². The number of nitrogen functional groups attached to an aromatic ring is 1. The predicted molar refractivity (Wildman–Crippen MR) is 123 cm³/mol. The zero-order valence-electron chi connectivity index (χ0n) is 16.7. The van der Waals surface area contributed by atoms with E-state index in [-0.39, 0.29) is 27.8 Å². The predicted octanol–water partition coefficient (Wildman–Crippen LogP) is 5.06. The summed E-state index contributed by atoms with van der Waals surface area (Å²) in [4.78, 5) is 12.9. The van der Waals surface area contributed by atoms with Crippen LogP contribution in [0.3, 0.4) is 0 Å². The third kappa shape index (κ3) is 4.21. The van der Waals surface area contributed by atoms with E-state index in [1.54, 1.807) is 6.92 Å². The number of aliphatic hydroxyl groups is 1. The minimum absolute atomic E-state index is 0.00657. The first-order valence-corrected chi connectivity index (χ1v) is 10.1. The Balaban J connectivity index is 1.70. The summed E-state index contributed by atoms with van der Waals surface area (Å²) in [6.45, 7) is 2.17. The Hall–Kier alpha value is -3.48. The molecule has 5 N–H and O–H groups in total. The van der Waals surface area contributed by atoms with E-state index in [1.807, 2.05) is 42.5 Å². The molecule has 1 unspecified atom stereocenters. The maximum Gasteiger partial charge on any atom is 0.231 e. The Morgan fingerprint density at radius 2 is 1.90 bits per heavy atom. The molecule has 0 bridgehead atoms. The summed E-state index contributed by atoms with van der Waals surface area (Å²) in [6, 6.07) is 17.4. The summed E-state index contributed by atoms with van der Waals surface area (Å²) < 4.78 is 5.83. The second kappa shape index (κ2) is 8.34. The van der Waals surface area contributed by atoms with Gasteiger partial charge in [-0.2, -0.15) is 0 Å². The first-order valence-electron chi connectivity index (χ1n) is 9.71. The van der Waals surface area contributed by atoms with Crippen molar-refractivity contribution >= 4 is 39.7 Å². The number of aliphatic hydroxyl groups excluding tert-OH is 1. The molecule has 0 saturated carbocycles. The molecule has 0 radical (unpaired) electrons. The number of nitrogens with one attached hydrogen (secondary N) is 1. The number of carbonyl (C=O) groups is 1. The van der Waals surface area contributed by atoms with Crippen LogP contribution in [0.2, 0.25) is 5.02 Å². The molecule has 1 heterocycles. The third-order valence-corrected chi connectivity index (χ3v) is 5.24. The molecular formula is C24H21ClN2O4. The van der Waals surface area contributed by atoms with Gasteiger partial charge in [0.1, 0.15) is 11.3 Å². The second-order valence-corrected chi connectivity index (χ2v) is 7.77. The summed E-state index contributed by atoms with van der Waals surface area (Å²) in [7, 11) is 0. The average molecular weight is 437 g/mol. The van der Waals surface area contributed by atoms with Crippen molar-refractivity contribution in [1.29, 1.82) is 0 Å². The van der Waals surface area contributed by atoms with Crippen LogP contribution in [0.1, 0.15) is 23.0 Å². The maximum atomic E-state index is 12.9. The molecule has 0 amide bonds. The Morgan fingerprint density at radius 3 is 2.65 bits per heavy atom. The maximum absolute atomic E-state index is 12.9. The number of phenolic OH excluding ortho intramolecular Hbond substituents is 1. The number of hydrogen-bond acceptors (Lipinski definition) is 6. The van der Waals surface area contributed by atoms with Gasteiger partial charge >= 0.3 is 0 Å². The Morgan fingerprint density at radius 1 is 1.13 bits per heavy atom. The van der Waals surface area contributed by atoms with Crippen molar-refractivity contribution in [2.75, 3.05) is 17.6 Å². The van der Waals surface area contributed by atoms with Crippen LogP contribution < -0.4 is 11.1 Å². The number of rotatable bonds is 6. The third-order valence-electron chi connectivity index (χ3n) is 4.93. The van der Waals surface area contributed by atoms with E-state index in [9.17, 15) is 15.0 Å². The quantitative estimate of drug-likeness (QED) is 0.314. The molecule has 0 fully saturated rings. The van der Waals surface area contributed by atoms with E-state index < -0.39 is 11.9 Å². The standard InChI is InChI=1S/C24H21ClN2O4/c1-13(28)12-27-16-4-2-3-14(9-16)15-5-7-19-21(10-15)31-24(22(19)26)23(30)18-8-6-17(29)11-20(18)25/h2-11,13,27-29H,12,26H2,1H3. The van der Waals surface area contributed by atoms with Crippen LogP contribution in [-0.4, -0.2) is 28.6 Å². The van der Waals surface area contributed by atoms with Crippen molar-refractivity contribution in [3.05, 3.63) is 77.0 Å². The lowest BCUT2D eigenvalue weighted by molar-refractivity contribution is 0.101. The van der Waals surface area contributed by atoms with Gasteiger partial charge in [0.25, 0.3) is 0 Å². The number of benzene rings is 3.